The Bertz CT molecular complexity index is 400. The van der Waals surface area contributed by atoms with E-state index in [0.717, 1.165) is 11.3 Å². The summed E-state index contributed by atoms with van der Waals surface area (Å²) in [6.45, 7) is 4.47. The van der Waals surface area contributed by atoms with Gasteiger partial charge in [0.05, 0.1) is 12.5 Å². The van der Waals surface area contributed by atoms with Crippen LogP contribution in [0.2, 0.25) is 0 Å². The van der Waals surface area contributed by atoms with E-state index in [-0.39, 0.29) is 6.04 Å². The Balaban J connectivity index is 3.01. The van der Waals surface area contributed by atoms with Crippen LogP contribution in [0.25, 0.3) is 0 Å². The molecule has 1 N–H and O–H groups in total. The molecule has 4 heteroatoms. The van der Waals surface area contributed by atoms with Crippen LogP contribution in [0.4, 0.5) is 0 Å². The number of nitrogens with zero attached hydrogens (tertiary/aromatic N) is 1. The zero-order chi connectivity index (χ0) is 14.4. The number of hydrogen-bond donors (Lipinski definition) is 1. The minimum atomic E-state index is -0.755. The molecule has 2 unspecified atom stereocenters. The predicted molar refractivity (Wildman–Crippen MR) is 75.5 cm³/mol. The summed E-state index contributed by atoms with van der Waals surface area (Å²) in [5.74, 6) is -0.352. The minimum Gasteiger partial charge on any atom is -0.494 e. The second kappa shape index (κ2) is 7.14. The maximum absolute atomic E-state index is 11.4. The molecule has 0 fully saturated rings. The summed E-state index contributed by atoms with van der Waals surface area (Å²) >= 11 is 0. The minimum absolute atomic E-state index is 0.127. The number of carboxylic acids is 1. The Kier molecular flexibility index (Phi) is 5.83. The molecule has 1 aromatic carbocycles. The molecule has 0 heterocycles. The monoisotopic (exact) mass is 265 g/mol. The third kappa shape index (κ3) is 3.96. The van der Waals surface area contributed by atoms with Crippen LogP contribution in [0.1, 0.15) is 31.9 Å². The molecular formula is C15H23NO3. The van der Waals surface area contributed by atoms with Gasteiger partial charge in [-0.05, 0) is 45.1 Å². The van der Waals surface area contributed by atoms with E-state index in [0.29, 0.717) is 13.0 Å². The maximum Gasteiger partial charge on any atom is 0.308 e. The molecule has 106 valence electrons. The maximum atomic E-state index is 11.4. The number of hydrogen-bond acceptors (Lipinski definition) is 3. The zero-order valence-corrected chi connectivity index (χ0v) is 12.1. The first-order valence-corrected chi connectivity index (χ1v) is 6.63. The number of ether oxygens (including phenoxy) is 1. The summed E-state index contributed by atoms with van der Waals surface area (Å²) in [5.41, 5.74) is 1.00. The van der Waals surface area contributed by atoms with Gasteiger partial charge < -0.3 is 14.7 Å². The lowest BCUT2D eigenvalue weighted by Crippen LogP contribution is -2.32. The van der Waals surface area contributed by atoms with Gasteiger partial charge in [-0.2, -0.15) is 0 Å². The first kappa shape index (κ1) is 15.5. The molecular weight excluding hydrogens is 242 g/mol. The topological polar surface area (TPSA) is 49.8 Å². The SMILES string of the molecule is CCOc1ccc(C(C(CC)C(=O)O)N(C)C)cc1. The van der Waals surface area contributed by atoms with Crippen LogP contribution < -0.4 is 4.74 Å². The highest BCUT2D eigenvalue weighted by atomic mass is 16.5. The fourth-order valence-corrected chi connectivity index (χ4v) is 2.35. The Labute approximate surface area is 115 Å². The van der Waals surface area contributed by atoms with Crippen LogP contribution >= 0.6 is 0 Å². The van der Waals surface area contributed by atoms with Crippen molar-refractivity contribution in [3.8, 4) is 5.75 Å². The molecule has 0 aliphatic heterocycles. The molecule has 0 aliphatic carbocycles. The van der Waals surface area contributed by atoms with E-state index in [1.807, 2.05) is 57.1 Å². The number of carbonyl (C=O) groups is 1. The lowest BCUT2D eigenvalue weighted by molar-refractivity contribution is -0.144. The third-order valence-corrected chi connectivity index (χ3v) is 3.23. The van der Waals surface area contributed by atoms with Crippen molar-refractivity contribution in [2.75, 3.05) is 20.7 Å². The van der Waals surface area contributed by atoms with Crippen LogP contribution in [0.15, 0.2) is 24.3 Å². The summed E-state index contributed by atoms with van der Waals surface area (Å²) in [5, 5.41) is 9.34. The summed E-state index contributed by atoms with van der Waals surface area (Å²) in [7, 11) is 3.82. The van der Waals surface area contributed by atoms with Crippen molar-refractivity contribution >= 4 is 5.97 Å². The second-order valence-corrected chi connectivity index (χ2v) is 4.76. The Morgan fingerprint density at radius 1 is 1.26 bits per heavy atom. The summed E-state index contributed by atoms with van der Waals surface area (Å²) in [6.07, 6.45) is 0.603. The lowest BCUT2D eigenvalue weighted by atomic mass is 9.90. The quantitative estimate of drug-likeness (QED) is 0.823. The van der Waals surface area contributed by atoms with Gasteiger partial charge in [0.2, 0.25) is 0 Å². The molecule has 0 saturated carbocycles. The molecule has 0 aromatic heterocycles. The molecule has 0 bridgehead atoms. The van der Waals surface area contributed by atoms with Gasteiger partial charge in [-0.25, -0.2) is 0 Å². The average molecular weight is 265 g/mol. The number of rotatable bonds is 7. The smallest absolute Gasteiger partial charge is 0.308 e. The van der Waals surface area contributed by atoms with Gasteiger partial charge in [0.25, 0.3) is 0 Å². The van der Waals surface area contributed by atoms with Crippen molar-refractivity contribution in [2.24, 2.45) is 5.92 Å². The number of benzene rings is 1. The summed E-state index contributed by atoms with van der Waals surface area (Å²) in [6, 6.07) is 7.55. The predicted octanol–water partition coefficient (Wildman–Crippen LogP) is 2.80. The molecule has 0 amide bonds. The van der Waals surface area contributed by atoms with Crippen LogP contribution in [0, 0.1) is 5.92 Å². The largest absolute Gasteiger partial charge is 0.494 e. The van der Waals surface area contributed by atoms with Crippen molar-refractivity contribution in [2.45, 2.75) is 26.3 Å². The van der Waals surface area contributed by atoms with E-state index in [2.05, 4.69) is 0 Å². The van der Waals surface area contributed by atoms with E-state index in [1.54, 1.807) is 0 Å². The standard InChI is InChI=1S/C15H23NO3/c1-5-13(15(17)18)14(16(3)4)11-7-9-12(10-8-11)19-6-2/h7-10,13-14H,5-6H2,1-4H3,(H,17,18). The highest BCUT2D eigenvalue weighted by Crippen LogP contribution is 2.30. The van der Waals surface area contributed by atoms with E-state index in [1.165, 1.54) is 0 Å². The fraction of sp³-hybridized carbons (Fsp3) is 0.533. The fourth-order valence-electron chi connectivity index (χ4n) is 2.35. The van der Waals surface area contributed by atoms with Crippen molar-refractivity contribution in [3.63, 3.8) is 0 Å². The molecule has 0 radical (unpaired) electrons. The van der Waals surface area contributed by atoms with Crippen molar-refractivity contribution in [1.82, 2.24) is 4.90 Å². The normalized spacial score (nSPS) is 14.2. The number of aliphatic carboxylic acids is 1. The van der Waals surface area contributed by atoms with E-state index >= 15 is 0 Å². The molecule has 0 aliphatic rings. The molecule has 2 atom stereocenters. The van der Waals surface area contributed by atoms with Crippen molar-refractivity contribution in [3.05, 3.63) is 29.8 Å². The van der Waals surface area contributed by atoms with Crippen LogP contribution in [0.3, 0.4) is 0 Å². The molecule has 4 nitrogen and oxygen atoms in total. The first-order chi connectivity index (χ1) is 9.01. The van der Waals surface area contributed by atoms with E-state index in [9.17, 15) is 9.90 Å². The van der Waals surface area contributed by atoms with Crippen LogP contribution in [0.5, 0.6) is 5.75 Å². The summed E-state index contributed by atoms with van der Waals surface area (Å²) in [4.78, 5) is 13.3. The molecule has 0 spiro atoms. The Morgan fingerprint density at radius 2 is 1.84 bits per heavy atom. The second-order valence-electron chi connectivity index (χ2n) is 4.76. The van der Waals surface area contributed by atoms with Gasteiger partial charge in [-0.3, -0.25) is 4.79 Å². The molecule has 1 aromatic rings. The van der Waals surface area contributed by atoms with Gasteiger partial charge in [0.1, 0.15) is 5.75 Å². The van der Waals surface area contributed by atoms with Gasteiger partial charge in [-0.1, -0.05) is 19.1 Å². The first-order valence-electron chi connectivity index (χ1n) is 6.63. The Hall–Kier alpha value is -1.55. The van der Waals surface area contributed by atoms with Crippen molar-refractivity contribution in [1.29, 1.82) is 0 Å². The van der Waals surface area contributed by atoms with Gasteiger partial charge in [0, 0.05) is 6.04 Å². The van der Waals surface area contributed by atoms with E-state index < -0.39 is 11.9 Å². The molecule has 19 heavy (non-hydrogen) atoms. The Morgan fingerprint density at radius 3 is 2.21 bits per heavy atom. The van der Waals surface area contributed by atoms with E-state index in [4.69, 9.17) is 4.74 Å². The van der Waals surface area contributed by atoms with Crippen LogP contribution in [-0.4, -0.2) is 36.7 Å². The van der Waals surface area contributed by atoms with Gasteiger partial charge >= 0.3 is 5.97 Å². The third-order valence-electron chi connectivity index (χ3n) is 3.23. The van der Waals surface area contributed by atoms with Gasteiger partial charge in [0.15, 0.2) is 0 Å². The highest BCUT2D eigenvalue weighted by molar-refractivity contribution is 5.71. The molecule has 1 rings (SSSR count). The van der Waals surface area contributed by atoms with Gasteiger partial charge in [-0.15, -0.1) is 0 Å². The summed E-state index contributed by atoms with van der Waals surface area (Å²) < 4.78 is 5.41. The molecule has 0 saturated heterocycles. The lowest BCUT2D eigenvalue weighted by Gasteiger charge is -2.29. The number of carboxylic acid groups (broad SMARTS) is 1. The average Bonchev–Trinajstić information content (AvgIpc) is 2.36. The highest BCUT2D eigenvalue weighted by Gasteiger charge is 2.29. The zero-order valence-electron chi connectivity index (χ0n) is 12.1. The van der Waals surface area contributed by atoms with Crippen molar-refractivity contribution < 1.29 is 14.6 Å². The van der Waals surface area contributed by atoms with Crippen LogP contribution in [-0.2, 0) is 4.79 Å².